The summed E-state index contributed by atoms with van der Waals surface area (Å²) < 4.78 is 27.3. The summed E-state index contributed by atoms with van der Waals surface area (Å²) in [6, 6.07) is 3.20. The molecule has 1 aromatic carbocycles. The van der Waals surface area contributed by atoms with Crippen LogP contribution in [0.2, 0.25) is 5.15 Å². The van der Waals surface area contributed by atoms with Crippen LogP contribution in [0.5, 0.6) is 0 Å². The molecule has 2 rings (SSSR count). The minimum absolute atomic E-state index is 0.240. The van der Waals surface area contributed by atoms with Gasteiger partial charge in [0.2, 0.25) is 0 Å². The normalized spacial score (nSPS) is 11.2. The summed E-state index contributed by atoms with van der Waals surface area (Å²) in [6.07, 6.45) is 0.727. The number of rotatable bonds is 3. The second-order valence-corrected chi connectivity index (χ2v) is 6.29. The highest BCUT2D eigenvalue weighted by Gasteiger charge is 2.14. The van der Waals surface area contributed by atoms with Crippen LogP contribution in [0.15, 0.2) is 18.2 Å². The number of hydrogen-bond donors (Lipinski definition) is 0. The van der Waals surface area contributed by atoms with Gasteiger partial charge in [0.1, 0.15) is 16.8 Å². The van der Waals surface area contributed by atoms with Gasteiger partial charge in [-0.1, -0.05) is 25.4 Å². The van der Waals surface area contributed by atoms with E-state index in [0.717, 1.165) is 21.8 Å². The van der Waals surface area contributed by atoms with Crippen LogP contribution in [-0.4, -0.2) is 9.97 Å². The molecule has 2 nitrogen and oxygen atoms in total. The predicted molar refractivity (Wildman–Crippen MR) is 83.7 cm³/mol. The lowest BCUT2D eigenvalue weighted by Gasteiger charge is -2.10. The van der Waals surface area contributed by atoms with Crippen molar-refractivity contribution in [1.82, 2.24) is 9.97 Å². The smallest absolute Gasteiger partial charge is 0.161 e. The summed E-state index contributed by atoms with van der Waals surface area (Å²) in [4.78, 5) is 8.50. The molecule has 0 saturated heterocycles. The van der Waals surface area contributed by atoms with Crippen LogP contribution in [0.3, 0.4) is 0 Å². The van der Waals surface area contributed by atoms with Gasteiger partial charge in [-0.2, -0.15) is 0 Å². The Balaban J connectivity index is 2.54. The average molecular weight is 409 g/mol. The number of hydrogen-bond acceptors (Lipinski definition) is 2. The third kappa shape index (κ3) is 3.63. The van der Waals surface area contributed by atoms with E-state index in [4.69, 9.17) is 11.6 Å². The van der Waals surface area contributed by atoms with Crippen molar-refractivity contribution in [2.45, 2.75) is 20.3 Å². The van der Waals surface area contributed by atoms with Crippen molar-refractivity contribution >= 4 is 34.2 Å². The Kier molecular flexibility index (Phi) is 4.90. The third-order valence-corrected chi connectivity index (χ3v) is 4.33. The van der Waals surface area contributed by atoms with Crippen molar-refractivity contribution in [3.8, 4) is 11.4 Å². The van der Waals surface area contributed by atoms with Crippen LogP contribution in [0.4, 0.5) is 8.78 Å². The molecule has 106 valence electrons. The van der Waals surface area contributed by atoms with E-state index in [9.17, 15) is 8.78 Å². The summed E-state index contributed by atoms with van der Waals surface area (Å²) in [7, 11) is 0. The number of aromatic nitrogens is 2. The van der Waals surface area contributed by atoms with Crippen LogP contribution < -0.4 is 0 Å². The van der Waals surface area contributed by atoms with E-state index in [0.29, 0.717) is 11.1 Å². The second kappa shape index (κ2) is 6.30. The summed E-state index contributed by atoms with van der Waals surface area (Å²) in [5.74, 6) is -0.691. The first kappa shape index (κ1) is 15.6. The molecule has 0 aliphatic heterocycles. The zero-order chi connectivity index (χ0) is 14.9. The second-order valence-electron chi connectivity index (χ2n) is 4.85. The lowest BCUT2D eigenvalue weighted by Crippen LogP contribution is -2.04. The van der Waals surface area contributed by atoms with Gasteiger partial charge in [0.05, 0.1) is 9.26 Å². The quantitative estimate of drug-likeness (QED) is 0.534. The first-order valence-corrected chi connectivity index (χ1v) is 7.51. The summed E-state index contributed by atoms with van der Waals surface area (Å²) in [6.45, 7) is 4.13. The van der Waals surface area contributed by atoms with Crippen molar-refractivity contribution in [3.63, 3.8) is 0 Å². The van der Waals surface area contributed by atoms with E-state index in [1.807, 2.05) is 0 Å². The molecule has 0 amide bonds. The van der Waals surface area contributed by atoms with Crippen molar-refractivity contribution in [2.24, 2.45) is 5.92 Å². The van der Waals surface area contributed by atoms with E-state index >= 15 is 0 Å². The predicted octanol–water partition coefficient (Wildman–Crippen LogP) is 4.88. The molecule has 1 aromatic heterocycles. The number of halogens is 4. The highest BCUT2D eigenvalue weighted by Crippen LogP contribution is 2.26. The minimum Gasteiger partial charge on any atom is -0.232 e. The van der Waals surface area contributed by atoms with Crippen LogP contribution in [0.25, 0.3) is 11.4 Å². The van der Waals surface area contributed by atoms with Crippen molar-refractivity contribution in [1.29, 1.82) is 0 Å². The molecule has 0 saturated carbocycles. The molecule has 0 aliphatic carbocycles. The topological polar surface area (TPSA) is 25.8 Å². The summed E-state index contributed by atoms with van der Waals surface area (Å²) in [5.41, 5.74) is 1.08. The molecule has 0 unspecified atom stereocenters. The lowest BCUT2D eigenvalue weighted by atomic mass is 10.1. The molecule has 0 fully saturated rings. The molecule has 6 heteroatoms. The molecule has 20 heavy (non-hydrogen) atoms. The van der Waals surface area contributed by atoms with Crippen molar-refractivity contribution in [3.05, 3.63) is 44.3 Å². The van der Waals surface area contributed by atoms with Gasteiger partial charge in [-0.25, -0.2) is 18.7 Å². The molecule has 0 atom stereocenters. The van der Waals surface area contributed by atoms with Gasteiger partial charge >= 0.3 is 0 Å². The summed E-state index contributed by atoms with van der Waals surface area (Å²) >= 11 is 8.17. The Labute approximate surface area is 134 Å². The molecular weight excluding hydrogens is 397 g/mol. The molecule has 0 bridgehead atoms. The molecule has 0 N–H and O–H groups in total. The standard InChI is InChI=1S/C14H12ClF2IN2/c1-7(2)3-11-12(18)13(15)20-14(19-11)8-4-9(16)6-10(17)5-8/h4-7H,3H2,1-2H3. The van der Waals surface area contributed by atoms with Gasteiger partial charge in [-0.3, -0.25) is 0 Å². The van der Waals surface area contributed by atoms with E-state index in [2.05, 4.69) is 46.4 Å². The van der Waals surface area contributed by atoms with Crippen LogP contribution >= 0.6 is 34.2 Å². The highest BCUT2D eigenvalue weighted by molar-refractivity contribution is 14.1. The number of benzene rings is 1. The fourth-order valence-electron chi connectivity index (χ4n) is 1.80. The molecule has 0 radical (unpaired) electrons. The Morgan fingerprint density at radius 2 is 1.75 bits per heavy atom. The minimum atomic E-state index is -0.663. The molecular formula is C14H12ClF2IN2. The van der Waals surface area contributed by atoms with Gasteiger partial charge in [-0.05, 0) is 47.1 Å². The Bertz CT molecular complexity index is 627. The van der Waals surface area contributed by atoms with Gasteiger partial charge in [-0.15, -0.1) is 0 Å². The van der Waals surface area contributed by atoms with Gasteiger partial charge in [0.25, 0.3) is 0 Å². The first-order chi connectivity index (χ1) is 9.36. The molecule has 0 aliphatic rings. The fraction of sp³-hybridized carbons (Fsp3) is 0.286. The van der Waals surface area contributed by atoms with E-state index in [1.54, 1.807) is 0 Å². The van der Waals surface area contributed by atoms with Crippen molar-refractivity contribution < 1.29 is 8.78 Å². The number of nitrogens with zero attached hydrogens (tertiary/aromatic N) is 2. The van der Waals surface area contributed by atoms with E-state index in [-0.39, 0.29) is 11.4 Å². The average Bonchev–Trinajstić information content (AvgIpc) is 2.32. The van der Waals surface area contributed by atoms with Gasteiger partial charge in [0, 0.05) is 11.6 Å². The zero-order valence-corrected chi connectivity index (χ0v) is 13.8. The lowest BCUT2D eigenvalue weighted by molar-refractivity contribution is 0.583. The maximum absolute atomic E-state index is 13.3. The molecule has 0 spiro atoms. The van der Waals surface area contributed by atoms with Crippen LogP contribution in [0, 0.1) is 21.1 Å². The van der Waals surface area contributed by atoms with E-state index < -0.39 is 11.6 Å². The van der Waals surface area contributed by atoms with Gasteiger partial charge in [0.15, 0.2) is 5.82 Å². The van der Waals surface area contributed by atoms with Crippen LogP contribution in [-0.2, 0) is 6.42 Å². The maximum Gasteiger partial charge on any atom is 0.161 e. The maximum atomic E-state index is 13.3. The van der Waals surface area contributed by atoms with Crippen molar-refractivity contribution in [2.75, 3.05) is 0 Å². The fourth-order valence-corrected chi connectivity index (χ4v) is 2.45. The summed E-state index contributed by atoms with van der Waals surface area (Å²) in [5, 5.41) is 0.302. The highest BCUT2D eigenvalue weighted by atomic mass is 127. The largest absolute Gasteiger partial charge is 0.232 e. The van der Waals surface area contributed by atoms with E-state index in [1.165, 1.54) is 12.1 Å². The van der Waals surface area contributed by atoms with Crippen LogP contribution in [0.1, 0.15) is 19.5 Å². The third-order valence-electron chi connectivity index (χ3n) is 2.60. The zero-order valence-electron chi connectivity index (χ0n) is 10.9. The SMILES string of the molecule is CC(C)Cc1nc(-c2cc(F)cc(F)c2)nc(Cl)c1I. The Morgan fingerprint density at radius 3 is 2.30 bits per heavy atom. The monoisotopic (exact) mass is 408 g/mol. The Morgan fingerprint density at radius 1 is 1.15 bits per heavy atom. The molecule has 1 heterocycles. The first-order valence-electron chi connectivity index (χ1n) is 6.05. The molecule has 2 aromatic rings. The van der Waals surface area contributed by atoms with Gasteiger partial charge < -0.3 is 0 Å². The Hall–Kier alpha value is -0.820.